The molecule has 1 amide bonds. The van der Waals surface area contributed by atoms with E-state index in [9.17, 15) is 18.0 Å². The minimum absolute atomic E-state index is 0.0847. The van der Waals surface area contributed by atoms with Crippen LogP contribution in [0.5, 0.6) is 5.88 Å². The van der Waals surface area contributed by atoms with Gasteiger partial charge >= 0.3 is 6.18 Å². The highest BCUT2D eigenvalue weighted by Crippen LogP contribution is 2.54. The molecule has 4 nitrogen and oxygen atoms in total. The predicted octanol–water partition coefficient (Wildman–Crippen LogP) is 5.49. The van der Waals surface area contributed by atoms with Gasteiger partial charge in [-0.05, 0) is 73.0 Å². The molecule has 0 saturated heterocycles. The molecule has 8 heteroatoms. The number of thioether (sulfide) groups is 1. The lowest BCUT2D eigenvalue weighted by molar-refractivity contribution is -0.141. The van der Waals surface area contributed by atoms with Crippen molar-refractivity contribution in [2.24, 2.45) is 17.3 Å². The first kappa shape index (κ1) is 23.2. The number of aryl methyl sites for hydroxylation is 1. The lowest BCUT2D eigenvalue weighted by Crippen LogP contribution is -2.47. The molecule has 3 rings (SSSR count). The van der Waals surface area contributed by atoms with Crippen LogP contribution in [-0.4, -0.2) is 36.1 Å². The number of aromatic nitrogens is 1. The summed E-state index contributed by atoms with van der Waals surface area (Å²) in [7, 11) is 1.23. The highest BCUT2D eigenvalue weighted by atomic mass is 32.2. The first-order valence-electron chi connectivity index (χ1n) is 10.7. The molecule has 1 aromatic heterocycles. The van der Waals surface area contributed by atoms with E-state index < -0.39 is 17.8 Å². The summed E-state index contributed by atoms with van der Waals surface area (Å²) >= 11 is 2.00. The third-order valence-electron chi connectivity index (χ3n) is 6.08. The van der Waals surface area contributed by atoms with Crippen LogP contribution in [0.2, 0.25) is 0 Å². The van der Waals surface area contributed by atoms with E-state index in [1.807, 2.05) is 11.8 Å². The average molecular weight is 445 g/mol. The molecule has 0 atom stereocenters. The molecular weight excluding hydrogens is 413 g/mol. The summed E-state index contributed by atoms with van der Waals surface area (Å²) in [5, 5.41) is 2.99. The number of nitrogens with one attached hydrogen (secondary N) is 1. The number of halogens is 3. The number of hydrogen-bond donors (Lipinski definition) is 1. The van der Waals surface area contributed by atoms with Crippen molar-refractivity contribution in [3.63, 3.8) is 0 Å². The van der Waals surface area contributed by atoms with Crippen LogP contribution in [0, 0.1) is 24.2 Å². The van der Waals surface area contributed by atoms with Crippen LogP contribution in [-0.2, 0) is 6.18 Å². The van der Waals surface area contributed by atoms with E-state index >= 15 is 0 Å². The lowest BCUT2D eigenvalue weighted by Gasteiger charge is -2.48. The van der Waals surface area contributed by atoms with Gasteiger partial charge in [0.15, 0.2) is 0 Å². The second-order valence-electron chi connectivity index (χ2n) is 8.89. The van der Waals surface area contributed by atoms with Crippen LogP contribution < -0.4 is 10.1 Å². The zero-order chi connectivity index (χ0) is 21.9. The van der Waals surface area contributed by atoms with Crippen LogP contribution in [0.1, 0.15) is 67.1 Å². The van der Waals surface area contributed by atoms with Crippen molar-refractivity contribution in [2.75, 3.05) is 25.2 Å². The Kier molecular flexibility index (Phi) is 7.25. The van der Waals surface area contributed by atoms with Crippen molar-refractivity contribution in [3.05, 3.63) is 22.9 Å². The first-order chi connectivity index (χ1) is 14.2. The van der Waals surface area contributed by atoms with Gasteiger partial charge in [-0.2, -0.15) is 24.9 Å². The van der Waals surface area contributed by atoms with Gasteiger partial charge in [0, 0.05) is 6.54 Å². The van der Waals surface area contributed by atoms with Crippen LogP contribution in [0.4, 0.5) is 13.2 Å². The Hall–Kier alpha value is -1.44. The van der Waals surface area contributed by atoms with Crippen molar-refractivity contribution in [2.45, 2.75) is 58.5 Å². The fraction of sp³-hybridized carbons (Fsp3) is 0.727. The van der Waals surface area contributed by atoms with Crippen LogP contribution in [0.25, 0.3) is 0 Å². The van der Waals surface area contributed by atoms with E-state index in [4.69, 9.17) is 4.74 Å². The number of alkyl halides is 3. The van der Waals surface area contributed by atoms with E-state index in [1.54, 1.807) is 0 Å². The van der Waals surface area contributed by atoms with Crippen molar-refractivity contribution in [3.8, 4) is 5.88 Å². The van der Waals surface area contributed by atoms with Crippen LogP contribution >= 0.6 is 11.8 Å². The Morgan fingerprint density at radius 3 is 2.60 bits per heavy atom. The molecule has 0 bridgehead atoms. The molecule has 2 aliphatic rings. The topological polar surface area (TPSA) is 51.2 Å². The van der Waals surface area contributed by atoms with Gasteiger partial charge < -0.3 is 10.1 Å². The Bertz CT molecular complexity index is 759. The fourth-order valence-electron chi connectivity index (χ4n) is 4.56. The largest absolute Gasteiger partial charge is 0.480 e. The maximum Gasteiger partial charge on any atom is 0.433 e. The van der Waals surface area contributed by atoms with Gasteiger partial charge in [0.05, 0.1) is 7.11 Å². The van der Waals surface area contributed by atoms with E-state index in [0.717, 1.165) is 31.2 Å². The number of rotatable bonds is 10. The molecule has 0 radical (unpaired) electrons. The molecule has 0 aliphatic heterocycles. The molecule has 0 aromatic carbocycles. The van der Waals surface area contributed by atoms with Gasteiger partial charge in [0.25, 0.3) is 5.91 Å². The molecule has 2 aliphatic carbocycles. The molecule has 1 aromatic rings. The van der Waals surface area contributed by atoms with Gasteiger partial charge in [0.1, 0.15) is 11.3 Å². The molecule has 0 spiro atoms. The molecule has 168 valence electrons. The summed E-state index contributed by atoms with van der Waals surface area (Å²) in [5.41, 5.74) is -0.633. The zero-order valence-electron chi connectivity index (χ0n) is 17.9. The quantitative estimate of drug-likeness (QED) is 0.485. The summed E-state index contributed by atoms with van der Waals surface area (Å²) in [6, 6.07) is 0.904. The number of ether oxygens (including phenoxy) is 1. The number of pyridine rings is 1. The third-order valence-corrected chi connectivity index (χ3v) is 7.49. The SMILES string of the molecule is CCCSCC1CC(CNC(=O)c2c(C)cc(C(F)(F)F)nc2OC)(CC2CC2)C1. The molecule has 1 N–H and O–H groups in total. The maximum atomic E-state index is 13.0. The minimum Gasteiger partial charge on any atom is -0.480 e. The smallest absolute Gasteiger partial charge is 0.433 e. The second-order valence-corrected chi connectivity index (χ2v) is 10.0. The number of carbonyl (C=O) groups is 1. The highest BCUT2D eigenvalue weighted by molar-refractivity contribution is 7.99. The number of nitrogens with zero attached hydrogens (tertiary/aromatic N) is 1. The van der Waals surface area contributed by atoms with E-state index in [1.165, 1.54) is 44.8 Å². The summed E-state index contributed by atoms with van der Waals surface area (Å²) in [5.74, 6) is 3.12. The van der Waals surface area contributed by atoms with Crippen molar-refractivity contribution in [1.82, 2.24) is 10.3 Å². The molecule has 2 fully saturated rings. The molecule has 2 saturated carbocycles. The Morgan fingerprint density at radius 2 is 2.03 bits per heavy atom. The number of amides is 1. The van der Waals surface area contributed by atoms with Gasteiger partial charge in [0.2, 0.25) is 5.88 Å². The third kappa shape index (κ3) is 5.62. The van der Waals surface area contributed by atoms with E-state index in [-0.39, 0.29) is 22.4 Å². The zero-order valence-corrected chi connectivity index (χ0v) is 18.7. The monoisotopic (exact) mass is 444 g/mol. The first-order valence-corrected chi connectivity index (χ1v) is 11.8. The summed E-state index contributed by atoms with van der Waals surface area (Å²) in [4.78, 5) is 16.4. The van der Waals surface area contributed by atoms with Gasteiger partial charge in [-0.25, -0.2) is 4.98 Å². The predicted molar refractivity (Wildman–Crippen MR) is 113 cm³/mol. The maximum absolute atomic E-state index is 13.0. The Morgan fingerprint density at radius 1 is 1.33 bits per heavy atom. The standard InChI is InChI=1S/C22H31F3N2O2S/c1-4-7-30-12-16-10-21(11-16,9-15-5-6-15)13-26-19(28)18-14(2)8-17(22(23,24)25)27-20(18)29-3/h8,15-16H,4-7,9-13H2,1-3H3,(H,26,28). The van der Waals surface area contributed by atoms with Gasteiger partial charge in [-0.3, -0.25) is 4.79 Å². The number of methoxy groups -OCH3 is 1. The molecule has 1 heterocycles. The normalized spacial score (nSPS) is 23.7. The van der Waals surface area contributed by atoms with Crippen molar-refractivity contribution < 1.29 is 22.7 Å². The van der Waals surface area contributed by atoms with Crippen LogP contribution in [0.15, 0.2) is 6.07 Å². The van der Waals surface area contributed by atoms with E-state index in [0.29, 0.717) is 12.5 Å². The molecule has 30 heavy (non-hydrogen) atoms. The fourth-order valence-corrected chi connectivity index (χ4v) is 5.59. The number of hydrogen-bond acceptors (Lipinski definition) is 4. The highest BCUT2D eigenvalue weighted by Gasteiger charge is 2.47. The number of carbonyl (C=O) groups excluding carboxylic acids is 1. The van der Waals surface area contributed by atoms with Crippen molar-refractivity contribution in [1.29, 1.82) is 0 Å². The molecular formula is C22H31F3N2O2S. The van der Waals surface area contributed by atoms with Gasteiger partial charge in [-0.15, -0.1) is 0 Å². The molecule has 0 unspecified atom stereocenters. The summed E-state index contributed by atoms with van der Waals surface area (Å²) in [6.07, 6.45) is 2.48. The van der Waals surface area contributed by atoms with Crippen molar-refractivity contribution >= 4 is 17.7 Å². The summed E-state index contributed by atoms with van der Waals surface area (Å²) < 4.78 is 44.1. The van der Waals surface area contributed by atoms with E-state index in [2.05, 4.69) is 17.2 Å². The second kappa shape index (κ2) is 9.37. The summed E-state index contributed by atoms with van der Waals surface area (Å²) in [6.45, 7) is 4.23. The Labute approximate surface area is 180 Å². The van der Waals surface area contributed by atoms with Crippen LogP contribution in [0.3, 0.4) is 0 Å². The van der Waals surface area contributed by atoms with Gasteiger partial charge in [-0.1, -0.05) is 19.8 Å². The minimum atomic E-state index is -4.59. The lowest BCUT2D eigenvalue weighted by atomic mass is 9.60. The Balaban J connectivity index is 1.66. The average Bonchev–Trinajstić information content (AvgIpc) is 3.46.